The summed E-state index contributed by atoms with van der Waals surface area (Å²) in [6, 6.07) is 13.1. The molecule has 0 aromatic heterocycles. The van der Waals surface area contributed by atoms with Gasteiger partial charge >= 0.3 is 6.09 Å². The number of carbonyl (C=O) groups excluding carboxylic acids is 2. The normalized spacial score (nSPS) is 13.9. The van der Waals surface area contributed by atoms with Crippen molar-refractivity contribution in [3.05, 3.63) is 60.7 Å². The molecule has 1 aliphatic heterocycles. The standard InChI is InChI=1S/C23H27N3O5S/c1-4-21(27)24-18-8-10-19(11-9-18)32-26-14-12-25(13-15-26)23(28)31-16-17-6-5-7-20(29-2)22(17)30-3/h4-11H,1,12-16H2,2-3H3,(H,24,27). The van der Waals surface area contributed by atoms with E-state index in [-0.39, 0.29) is 18.6 Å². The summed E-state index contributed by atoms with van der Waals surface area (Å²) in [4.78, 5) is 26.6. The lowest BCUT2D eigenvalue weighted by Gasteiger charge is -2.33. The van der Waals surface area contributed by atoms with Crippen molar-refractivity contribution in [3.8, 4) is 11.5 Å². The van der Waals surface area contributed by atoms with E-state index in [1.165, 1.54) is 6.08 Å². The molecule has 0 aliphatic carbocycles. The van der Waals surface area contributed by atoms with Gasteiger partial charge in [0.15, 0.2) is 11.5 Å². The number of benzene rings is 2. The molecule has 0 atom stereocenters. The Balaban J connectivity index is 1.46. The molecule has 1 saturated heterocycles. The molecule has 0 saturated carbocycles. The first-order chi connectivity index (χ1) is 15.5. The van der Waals surface area contributed by atoms with Crippen LogP contribution in [0.5, 0.6) is 11.5 Å². The van der Waals surface area contributed by atoms with Crippen LogP contribution in [0, 0.1) is 0 Å². The number of hydrogen-bond acceptors (Lipinski definition) is 7. The van der Waals surface area contributed by atoms with E-state index in [0.717, 1.165) is 29.2 Å². The number of hydrogen-bond donors (Lipinski definition) is 1. The highest BCUT2D eigenvalue weighted by molar-refractivity contribution is 7.97. The number of para-hydroxylation sites is 1. The van der Waals surface area contributed by atoms with Crippen molar-refractivity contribution in [3.63, 3.8) is 0 Å². The van der Waals surface area contributed by atoms with Gasteiger partial charge < -0.3 is 24.4 Å². The van der Waals surface area contributed by atoms with Crippen molar-refractivity contribution in [1.29, 1.82) is 0 Å². The maximum absolute atomic E-state index is 12.5. The van der Waals surface area contributed by atoms with Crippen LogP contribution in [-0.4, -0.2) is 61.6 Å². The molecule has 0 radical (unpaired) electrons. The van der Waals surface area contributed by atoms with Crippen LogP contribution in [0.1, 0.15) is 5.56 Å². The molecular weight excluding hydrogens is 430 g/mol. The second-order valence-corrected chi connectivity index (χ2v) is 8.10. The van der Waals surface area contributed by atoms with Crippen LogP contribution < -0.4 is 14.8 Å². The van der Waals surface area contributed by atoms with E-state index < -0.39 is 0 Å². The third kappa shape index (κ3) is 6.18. The Labute approximate surface area is 192 Å². The van der Waals surface area contributed by atoms with E-state index in [4.69, 9.17) is 14.2 Å². The van der Waals surface area contributed by atoms with E-state index in [1.54, 1.807) is 37.1 Å². The smallest absolute Gasteiger partial charge is 0.410 e. The van der Waals surface area contributed by atoms with E-state index in [0.29, 0.717) is 24.6 Å². The van der Waals surface area contributed by atoms with E-state index in [9.17, 15) is 9.59 Å². The van der Waals surface area contributed by atoms with Gasteiger partial charge in [0.25, 0.3) is 0 Å². The zero-order valence-corrected chi connectivity index (χ0v) is 19.0. The quantitative estimate of drug-likeness (QED) is 0.477. The molecule has 1 N–H and O–H groups in total. The van der Waals surface area contributed by atoms with Crippen LogP contribution in [0.25, 0.3) is 0 Å². The van der Waals surface area contributed by atoms with Crippen LogP contribution in [-0.2, 0) is 16.1 Å². The van der Waals surface area contributed by atoms with Crippen LogP contribution in [0.2, 0.25) is 0 Å². The molecule has 170 valence electrons. The lowest BCUT2D eigenvalue weighted by molar-refractivity contribution is -0.111. The summed E-state index contributed by atoms with van der Waals surface area (Å²) >= 11 is 1.62. The molecule has 9 heteroatoms. The second kappa shape index (κ2) is 11.4. The largest absolute Gasteiger partial charge is 0.493 e. The molecule has 1 heterocycles. The third-order valence-electron chi connectivity index (χ3n) is 4.87. The van der Waals surface area contributed by atoms with Gasteiger partial charge in [-0.25, -0.2) is 9.10 Å². The minimum atomic E-state index is -0.346. The molecule has 32 heavy (non-hydrogen) atoms. The van der Waals surface area contributed by atoms with Crippen LogP contribution in [0.4, 0.5) is 10.5 Å². The SMILES string of the molecule is C=CC(=O)Nc1ccc(SN2CCN(C(=O)OCc3cccc(OC)c3OC)CC2)cc1. The Morgan fingerprint density at radius 1 is 1.06 bits per heavy atom. The van der Waals surface area contributed by atoms with Gasteiger partial charge in [0.2, 0.25) is 5.91 Å². The number of methoxy groups -OCH3 is 2. The molecule has 0 bridgehead atoms. The number of piperazine rings is 1. The summed E-state index contributed by atoms with van der Waals surface area (Å²) < 4.78 is 18.4. The lowest BCUT2D eigenvalue weighted by Crippen LogP contribution is -2.46. The molecule has 1 fully saturated rings. The summed E-state index contributed by atoms with van der Waals surface area (Å²) in [6.45, 7) is 6.15. The second-order valence-electron chi connectivity index (χ2n) is 6.93. The fourth-order valence-corrected chi connectivity index (χ4v) is 4.10. The number of rotatable bonds is 8. The average molecular weight is 458 g/mol. The minimum Gasteiger partial charge on any atom is -0.493 e. The van der Waals surface area contributed by atoms with Gasteiger partial charge in [0, 0.05) is 42.3 Å². The van der Waals surface area contributed by atoms with Gasteiger partial charge in [0.1, 0.15) is 6.61 Å². The van der Waals surface area contributed by atoms with Gasteiger partial charge in [-0.1, -0.05) is 18.7 Å². The fourth-order valence-electron chi connectivity index (χ4n) is 3.20. The van der Waals surface area contributed by atoms with Gasteiger partial charge in [-0.3, -0.25) is 4.79 Å². The number of amides is 2. The Morgan fingerprint density at radius 3 is 2.41 bits per heavy atom. The monoisotopic (exact) mass is 457 g/mol. The number of anilines is 1. The minimum absolute atomic E-state index is 0.114. The van der Waals surface area contributed by atoms with Crippen LogP contribution in [0.3, 0.4) is 0 Å². The highest BCUT2D eigenvalue weighted by Crippen LogP contribution is 2.31. The van der Waals surface area contributed by atoms with Gasteiger partial charge in [-0.05, 0) is 48.4 Å². The molecule has 8 nitrogen and oxygen atoms in total. The summed E-state index contributed by atoms with van der Waals surface area (Å²) in [7, 11) is 3.13. The van der Waals surface area contributed by atoms with Crippen LogP contribution >= 0.6 is 11.9 Å². The number of ether oxygens (including phenoxy) is 3. The number of carbonyl (C=O) groups is 2. The van der Waals surface area contributed by atoms with Gasteiger partial charge in [-0.15, -0.1) is 0 Å². The predicted octanol–water partition coefficient (Wildman–Crippen LogP) is 3.79. The lowest BCUT2D eigenvalue weighted by atomic mass is 10.2. The topological polar surface area (TPSA) is 80.3 Å². The highest BCUT2D eigenvalue weighted by Gasteiger charge is 2.23. The molecule has 2 aromatic carbocycles. The summed E-state index contributed by atoms with van der Waals surface area (Å²) in [5.74, 6) is 0.931. The number of nitrogens with zero attached hydrogens (tertiary/aromatic N) is 2. The van der Waals surface area contributed by atoms with Gasteiger partial charge in [-0.2, -0.15) is 0 Å². The Hall–Kier alpha value is -3.17. The van der Waals surface area contributed by atoms with E-state index in [1.807, 2.05) is 36.4 Å². The molecule has 2 aromatic rings. The van der Waals surface area contributed by atoms with Crippen molar-refractivity contribution >= 4 is 29.6 Å². The Bertz CT molecular complexity index is 943. The maximum atomic E-state index is 12.5. The summed E-state index contributed by atoms with van der Waals surface area (Å²) in [5, 5.41) is 2.73. The third-order valence-corrected chi connectivity index (χ3v) is 5.98. The Kier molecular flexibility index (Phi) is 8.41. The first-order valence-corrected chi connectivity index (χ1v) is 10.9. The first-order valence-electron chi connectivity index (χ1n) is 10.1. The zero-order valence-electron chi connectivity index (χ0n) is 18.2. The van der Waals surface area contributed by atoms with Crippen molar-refractivity contribution < 1.29 is 23.8 Å². The van der Waals surface area contributed by atoms with Crippen molar-refractivity contribution in [2.75, 3.05) is 45.7 Å². The summed E-state index contributed by atoms with van der Waals surface area (Å²) in [5.41, 5.74) is 1.47. The highest BCUT2D eigenvalue weighted by atomic mass is 32.2. The molecule has 2 amide bonds. The Morgan fingerprint density at radius 2 is 1.78 bits per heavy atom. The molecule has 0 spiro atoms. The van der Waals surface area contributed by atoms with Crippen molar-refractivity contribution in [2.24, 2.45) is 0 Å². The fraction of sp³-hybridized carbons (Fsp3) is 0.304. The average Bonchev–Trinajstić information content (AvgIpc) is 2.83. The van der Waals surface area contributed by atoms with Gasteiger partial charge in [0.05, 0.1) is 14.2 Å². The maximum Gasteiger partial charge on any atom is 0.410 e. The molecular formula is C23H27N3O5S. The molecule has 0 unspecified atom stereocenters. The van der Waals surface area contributed by atoms with E-state index in [2.05, 4.69) is 16.2 Å². The zero-order chi connectivity index (χ0) is 22.9. The predicted molar refractivity (Wildman–Crippen MR) is 124 cm³/mol. The van der Waals surface area contributed by atoms with Crippen molar-refractivity contribution in [2.45, 2.75) is 11.5 Å². The number of nitrogens with one attached hydrogen (secondary N) is 1. The van der Waals surface area contributed by atoms with E-state index >= 15 is 0 Å². The molecule has 3 rings (SSSR count). The van der Waals surface area contributed by atoms with Crippen LogP contribution in [0.15, 0.2) is 60.0 Å². The van der Waals surface area contributed by atoms with Crippen molar-refractivity contribution in [1.82, 2.24) is 9.21 Å². The molecule has 1 aliphatic rings. The summed E-state index contributed by atoms with van der Waals surface area (Å²) in [6.07, 6.45) is 0.891. The first kappa shape index (κ1) is 23.5.